The van der Waals surface area contributed by atoms with Crippen LogP contribution in [0.15, 0.2) is 18.2 Å². The van der Waals surface area contributed by atoms with E-state index in [1.54, 1.807) is 14.1 Å². The highest BCUT2D eigenvalue weighted by atomic mass is 32.2. The first-order valence-electron chi connectivity index (χ1n) is 9.07. The monoisotopic (exact) mass is 383 g/mol. The second kappa shape index (κ2) is 7.72. The molecule has 0 radical (unpaired) electrons. The maximum atomic E-state index is 12.2. The van der Waals surface area contributed by atoms with Crippen molar-refractivity contribution >= 4 is 10.2 Å². The van der Waals surface area contributed by atoms with E-state index in [4.69, 9.17) is 9.47 Å². The van der Waals surface area contributed by atoms with Gasteiger partial charge in [0.25, 0.3) is 10.2 Å². The molecule has 0 saturated carbocycles. The molecule has 0 unspecified atom stereocenters. The topological polar surface area (TPSA) is 71.1 Å². The highest BCUT2D eigenvalue weighted by molar-refractivity contribution is 7.87. The standard InChI is InChI=1S/C18H29N3O4S/c1-13(2)15-11-21(12-16(15)19-26(22,23)20(3)4)10-14-5-6-17-18(9-14)25-8-7-24-17/h5-6,9,13,15-16,19H,7-8,10-12H2,1-4H3/t15-,16+/m0/s1. The summed E-state index contributed by atoms with van der Waals surface area (Å²) in [7, 11) is -0.336. The van der Waals surface area contributed by atoms with Gasteiger partial charge in [0.1, 0.15) is 13.2 Å². The van der Waals surface area contributed by atoms with Crippen LogP contribution in [0, 0.1) is 11.8 Å². The van der Waals surface area contributed by atoms with Gasteiger partial charge in [0.15, 0.2) is 11.5 Å². The van der Waals surface area contributed by atoms with E-state index in [0.29, 0.717) is 25.7 Å². The molecule has 0 aliphatic carbocycles. The van der Waals surface area contributed by atoms with Gasteiger partial charge < -0.3 is 9.47 Å². The first-order valence-corrected chi connectivity index (χ1v) is 10.5. The smallest absolute Gasteiger partial charge is 0.279 e. The molecule has 2 aliphatic heterocycles. The van der Waals surface area contributed by atoms with Crippen LogP contribution < -0.4 is 14.2 Å². The minimum Gasteiger partial charge on any atom is -0.486 e. The normalized spacial score (nSPS) is 23.8. The third-order valence-corrected chi connectivity index (χ3v) is 6.65. The summed E-state index contributed by atoms with van der Waals surface area (Å²) in [6.45, 7) is 7.79. The summed E-state index contributed by atoms with van der Waals surface area (Å²) in [5.41, 5.74) is 1.15. The zero-order valence-corrected chi connectivity index (χ0v) is 16.8. The van der Waals surface area contributed by atoms with Crippen LogP contribution in [-0.2, 0) is 16.8 Å². The fourth-order valence-electron chi connectivity index (χ4n) is 3.58. The van der Waals surface area contributed by atoms with Gasteiger partial charge >= 0.3 is 0 Å². The molecule has 146 valence electrons. The van der Waals surface area contributed by atoms with Crippen LogP contribution in [-0.4, -0.2) is 64.1 Å². The van der Waals surface area contributed by atoms with Crippen molar-refractivity contribution in [1.29, 1.82) is 0 Å². The summed E-state index contributed by atoms with van der Waals surface area (Å²) in [5.74, 6) is 2.26. The average molecular weight is 384 g/mol. The van der Waals surface area contributed by atoms with Gasteiger partial charge in [0, 0.05) is 39.8 Å². The molecule has 8 heteroatoms. The number of ether oxygens (including phenoxy) is 2. The van der Waals surface area contributed by atoms with Crippen molar-refractivity contribution in [2.45, 2.75) is 26.4 Å². The van der Waals surface area contributed by atoms with Gasteiger partial charge in [-0.1, -0.05) is 19.9 Å². The third kappa shape index (κ3) is 4.31. The zero-order valence-electron chi connectivity index (χ0n) is 15.9. The number of benzene rings is 1. The molecular formula is C18H29N3O4S. The number of fused-ring (bicyclic) bond motifs is 1. The largest absolute Gasteiger partial charge is 0.486 e. The molecule has 2 aliphatic rings. The molecule has 0 bridgehead atoms. The zero-order chi connectivity index (χ0) is 18.9. The summed E-state index contributed by atoms with van der Waals surface area (Å²) in [6, 6.07) is 5.94. The first-order chi connectivity index (χ1) is 12.3. The second-order valence-corrected chi connectivity index (χ2v) is 9.51. The van der Waals surface area contributed by atoms with E-state index in [0.717, 1.165) is 30.2 Å². The van der Waals surface area contributed by atoms with Crippen LogP contribution in [0.1, 0.15) is 19.4 Å². The van der Waals surface area contributed by atoms with E-state index in [9.17, 15) is 8.42 Å². The van der Waals surface area contributed by atoms with E-state index >= 15 is 0 Å². The lowest BCUT2D eigenvalue weighted by Crippen LogP contribution is -2.46. The summed E-state index contributed by atoms with van der Waals surface area (Å²) < 4.78 is 39.8. The number of nitrogens with one attached hydrogen (secondary N) is 1. The van der Waals surface area contributed by atoms with Gasteiger partial charge in [-0.15, -0.1) is 0 Å². The molecule has 26 heavy (non-hydrogen) atoms. The van der Waals surface area contributed by atoms with E-state index in [2.05, 4.69) is 29.5 Å². The summed E-state index contributed by atoms with van der Waals surface area (Å²) in [6.07, 6.45) is 0. The van der Waals surface area contributed by atoms with Gasteiger partial charge in [-0.05, 0) is 29.5 Å². The van der Waals surface area contributed by atoms with Gasteiger partial charge in [-0.25, -0.2) is 0 Å². The van der Waals surface area contributed by atoms with E-state index in [1.165, 1.54) is 4.31 Å². The molecule has 1 N–H and O–H groups in total. The van der Waals surface area contributed by atoms with E-state index in [-0.39, 0.29) is 12.0 Å². The third-order valence-electron chi connectivity index (χ3n) is 5.09. The highest BCUT2D eigenvalue weighted by Gasteiger charge is 2.37. The maximum absolute atomic E-state index is 12.2. The Kier molecular flexibility index (Phi) is 5.76. The minimum absolute atomic E-state index is 0.0837. The van der Waals surface area contributed by atoms with Crippen LogP contribution in [0.5, 0.6) is 11.5 Å². The molecule has 2 heterocycles. The number of nitrogens with zero attached hydrogens (tertiary/aromatic N) is 2. The number of hydrogen-bond acceptors (Lipinski definition) is 5. The molecule has 1 aromatic carbocycles. The Morgan fingerprint density at radius 1 is 1.19 bits per heavy atom. The fourth-order valence-corrected chi connectivity index (χ4v) is 4.43. The van der Waals surface area contributed by atoms with Crippen LogP contribution >= 0.6 is 0 Å². The number of likely N-dealkylation sites (tertiary alicyclic amines) is 1. The van der Waals surface area contributed by atoms with E-state index < -0.39 is 10.2 Å². The van der Waals surface area contributed by atoms with Crippen molar-refractivity contribution < 1.29 is 17.9 Å². The Hall–Kier alpha value is -1.35. The molecule has 1 fully saturated rings. The van der Waals surface area contributed by atoms with Crippen LogP contribution in [0.4, 0.5) is 0 Å². The SMILES string of the molecule is CC(C)[C@@H]1CN(Cc2ccc3c(c2)OCCO3)C[C@H]1NS(=O)(=O)N(C)C. The van der Waals surface area contributed by atoms with Crippen LogP contribution in [0.25, 0.3) is 0 Å². The molecule has 0 spiro atoms. The maximum Gasteiger partial charge on any atom is 0.279 e. The predicted molar refractivity (Wildman–Crippen MR) is 101 cm³/mol. The summed E-state index contributed by atoms with van der Waals surface area (Å²) in [4.78, 5) is 2.30. The van der Waals surface area contributed by atoms with Gasteiger partial charge in [0.2, 0.25) is 0 Å². The lowest BCUT2D eigenvalue weighted by atomic mass is 9.92. The van der Waals surface area contributed by atoms with Crippen LogP contribution in [0.2, 0.25) is 0 Å². The minimum atomic E-state index is -3.44. The van der Waals surface area contributed by atoms with Crippen LogP contribution in [0.3, 0.4) is 0 Å². The predicted octanol–water partition coefficient (Wildman–Crippen LogP) is 1.31. The molecule has 0 amide bonds. The number of rotatable bonds is 6. The lowest BCUT2D eigenvalue weighted by molar-refractivity contribution is 0.171. The quantitative estimate of drug-likeness (QED) is 0.802. The van der Waals surface area contributed by atoms with E-state index in [1.807, 2.05) is 12.1 Å². The van der Waals surface area contributed by atoms with Crippen molar-refractivity contribution in [1.82, 2.24) is 13.9 Å². The summed E-state index contributed by atoms with van der Waals surface area (Å²) in [5, 5.41) is 0. The Labute approximate surface area is 156 Å². The molecule has 0 aromatic heterocycles. The lowest BCUT2D eigenvalue weighted by Gasteiger charge is -2.24. The van der Waals surface area contributed by atoms with Gasteiger partial charge in [-0.2, -0.15) is 17.4 Å². The first kappa shape index (κ1) is 19.4. The number of hydrogen-bond donors (Lipinski definition) is 1. The van der Waals surface area contributed by atoms with Crippen molar-refractivity contribution in [3.63, 3.8) is 0 Å². The molecule has 2 atom stereocenters. The fraction of sp³-hybridized carbons (Fsp3) is 0.667. The molecule has 3 rings (SSSR count). The van der Waals surface area contributed by atoms with Crippen molar-refractivity contribution in [2.24, 2.45) is 11.8 Å². The average Bonchev–Trinajstić information content (AvgIpc) is 2.96. The van der Waals surface area contributed by atoms with Gasteiger partial charge in [-0.3, -0.25) is 4.90 Å². The van der Waals surface area contributed by atoms with Gasteiger partial charge in [0.05, 0.1) is 0 Å². The Bertz CT molecular complexity index is 736. The second-order valence-electron chi connectivity index (χ2n) is 7.59. The van der Waals surface area contributed by atoms with Crippen molar-refractivity contribution in [2.75, 3.05) is 40.4 Å². The molecule has 7 nitrogen and oxygen atoms in total. The van der Waals surface area contributed by atoms with Crippen molar-refractivity contribution in [3.05, 3.63) is 23.8 Å². The highest BCUT2D eigenvalue weighted by Crippen LogP contribution is 2.32. The summed E-state index contributed by atoms with van der Waals surface area (Å²) >= 11 is 0. The Balaban J connectivity index is 1.69. The molecule has 1 saturated heterocycles. The Morgan fingerprint density at radius 3 is 2.54 bits per heavy atom. The van der Waals surface area contributed by atoms with Crippen molar-refractivity contribution in [3.8, 4) is 11.5 Å². The molecular weight excluding hydrogens is 354 g/mol. The molecule has 1 aromatic rings. The Morgan fingerprint density at radius 2 is 1.88 bits per heavy atom.